The minimum atomic E-state index is -0.522. The highest BCUT2D eigenvalue weighted by Gasteiger charge is 2.26. The maximum absolute atomic E-state index is 13.4. The Hall–Kier alpha value is -4.84. The third-order valence-corrected chi connectivity index (χ3v) is 7.29. The van der Waals surface area contributed by atoms with Crippen LogP contribution in [-0.2, 0) is 0 Å². The summed E-state index contributed by atoms with van der Waals surface area (Å²) < 4.78 is 0. The van der Waals surface area contributed by atoms with Gasteiger partial charge in [0.25, 0.3) is 23.4 Å². The Morgan fingerprint density at radius 1 is 0.780 bits per heavy atom. The van der Waals surface area contributed by atoms with E-state index in [4.69, 9.17) is 0 Å². The van der Waals surface area contributed by atoms with Crippen molar-refractivity contribution in [3.63, 3.8) is 0 Å². The van der Waals surface area contributed by atoms with E-state index in [9.17, 15) is 24.5 Å². The number of carbonyl (C=O) groups is 3. The van der Waals surface area contributed by atoms with Crippen molar-refractivity contribution in [3.05, 3.63) is 93.8 Å². The highest BCUT2D eigenvalue weighted by atomic mass is 16.6. The molecule has 12 heteroatoms. The zero-order chi connectivity index (χ0) is 28.8. The van der Waals surface area contributed by atoms with Crippen molar-refractivity contribution < 1.29 is 19.3 Å². The van der Waals surface area contributed by atoms with Gasteiger partial charge in [-0.25, -0.2) is 0 Å². The van der Waals surface area contributed by atoms with Crippen molar-refractivity contribution in [1.82, 2.24) is 20.1 Å². The van der Waals surface area contributed by atoms with E-state index in [2.05, 4.69) is 20.5 Å². The maximum atomic E-state index is 13.4. The first-order valence-electron chi connectivity index (χ1n) is 13.5. The molecule has 3 amide bonds. The lowest BCUT2D eigenvalue weighted by atomic mass is 10.1. The lowest BCUT2D eigenvalue weighted by Crippen LogP contribution is -2.49. The number of non-ortho nitro benzene ring substituents is 1. The molecular weight excluding hydrogens is 526 g/mol. The molecular formula is C29H31N7O5. The number of aromatic nitrogens is 1. The van der Waals surface area contributed by atoms with Gasteiger partial charge < -0.3 is 25.3 Å². The van der Waals surface area contributed by atoms with Gasteiger partial charge >= 0.3 is 0 Å². The third-order valence-electron chi connectivity index (χ3n) is 7.29. The number of anilines is 2. The quantitative estimate of drug-likeness (QED) is 0.348. The first kappa shape index (κ1) is 27.7. The summed E-state index contributed by atoms with van der Waals surface area (Å²) in [4.78, 5) is 59.6. The summed E-state index contributed by atoms with van der Waals surface area (Å²) in [5.74, 6) is -0.623. The second-order valence-electron chi connectivity index (χ2n) is 9.90. The van der Waals surface area contributed by atoms with Crippen LogP contribution < -0.4 is 15.5 Å². The Labute approximate surface area is 237 Å². The standard InChI is InChI=1S/C29H31N7O5/c37-27(21-2-5-24(6-3-21)36(40)41)32-25-20-23(29(39)34-14-1-10-30-13-15-34)4-7-26(25)33-16-18-35(19-17-33)28(38)22-8-11-31-12-9-22/h2-9,11-12,20,30H,1,10,13-19H2,(H,32,37). The Balaban J connectivity index is 1.37. The van der Waals surface area contributed by atoms with Crippen molar-refractivity contribution in [2.45, 2.75) is 6.42 Å². The van der Waals surface area contributed by atoms with E-state index >= 15 is 0 Å². The van der Waals surface area contributed by atoms with Gasteiger partial charge in [0.15, 0.2) is 0 Å². The smallest absolute Gasteiger partial charge is 0.269 e. The average Bonchev–Trinajstić information content (AvgIpc) is 3.31. The Morgan fingerprint density at radius 3 is 2.15 bits per heavy atom. The van der Waals surface area contributed by atoms with Crippen molar-refractivity contribution in [2.75, 3.05) is 62.6 Å². The fourth-order valence-corrected chi connectivity index (χ4v) is 5.03. The number of benzene rings is 2. The second kappa shape index (κ2) is 12.6. The molecule has 0 bridgehead atoms. The summed E-state index contributed by atoms with van der Waals surface area (Å²) in [7, 11) is 0. The predicted octanol–water partition coefficient (Wildman–Crippen LogP) is 2.64. The van der Waals surface area contributed by atoms with Crippen LogP contribution in [0, 0.1) is 10.1 Å². The number of rotatable bonds is 6. The number of nitrogens with zero attached hydrogens (tertiary/aromatic N) is 5. The van der Waals surface area contributed by atoms with Gasteiger partial charge in [0.1, 0.15) is 0 Å². The molecule has 2 fully saturated rings. The molecule has 2 N–H and O–H groups in total. The number of hydrogen-bond acceptors (Lipinski definition) is 8. The number of nitro benzene ring substituents is 1. The topological polar surface area (TPSA) is 141 Å². The molecule has 0 radical (unpaired) electrons. The molecule has 0 spiro atoms. The Kier molecular flexibility index (Phi) is 8.49. The molecule has 0 unspecified atom stereocenters. The molecule has 12 nitrogen and oxygen atoms in total. The first-order chi connectivity index (χ1) is 19.9. The van der Waals surface area contributed by atoms with Crippen molar-refractivity contribution in [1.29, 1.82) is 0 Å². The van der Waals surface area contributed by atoms with Gasteiger partial charge in [-0.3, -0.25) is 29.5 Å². The third kappa shape index (κ3) is 6.49. The monoisotopic (exact) mass is 557 g/mol. The molecule has 0 atom stereocenters. The van der Waals surface area contributed by atoms with Crippen LogP contribution in [0.25, 0.3) is 0 Å². The van der Waals surface area contributed by atoms with Crippen LogP contribution in [0.5, 0.6) is 0 Å². The molecule has 212 valence electrons. The molecule has 5 rings (SSSR count). The van der Waals surface area contributed by atoms with Crippen LogP contribution >= 0.6 is 0 Å². The fraction of sp³-hybridized carbons (Fsp3) is 0.310. The number of pyridine rings is 1. The summed E-state index contributed by atoms with van der Waals surface area (Å²) in [6.07, 6.45) is 4.04. The summed E-state index contributed by atoms with van der Waals surface area (Å²) in [5.41, 5.74) is 2.37. The lowest BCUT2D eigenvalue weighted by Gasteiger charge is -2.37. The van der Waals surface area contributed by atoms with E-state index in [1.807, 2.05) is 6.07 Å². The molecule has 2 aliphatic heterocycles. The number of hydrogen-bond donors (Lipinski definition) is 2. The van der Waals surface area contributed by atoms with Gasteiger partial charge in [0.2, 0.25) is 0 Å². The molecule has 2 aromatic carbocycles. The first-order valence-corrected chi connectivity index (χ1v) is 13.5. The van der Waals surface area contributed by atoms with Gasteiger partial charge in [-0.15, -0.1) is 0 Å². The fourth-order valence-electron chi connectivity index (χ4n) is 5.03. The predicted molar refractivity (Wildman–Crippen MR) is 153 cm³/mol. The molecule has 3 aromatic rings. The van der Waals surface area contributed by atoms with E-state index in [0.29, 0.717) is 56.1 Å². The molecule has 41 heavy (non-hydrogen) atoms. The number of piperazine rings is 1. The van der Waals surface area contributed by atoms with E-state index in [-0.39, 0.29) is 23.1 Å². The van der Waals surface area contributed by atoms with Crippen LogP contribution in [0.1, 0.15) is 37.5 Å². The van der Waals surface area contributed by atoms with Gasteiger partial charge in [0.05, 0.1) is 16.3 Å². The van der Waals surface area contributed by atoms with Crippen LogP contribution in [0.4, 0.5) is 17.1 Å². The van der Waals surface area contributed by atoms with Crippen LogP contribution in [-0.4, -0.2) is 89.8 Å². The summed E-state index contributed by atoms with van der Waals surface area (Å²) >= 11 is 0. The highest BCUT2D eigenvalue weighted by Crippen LogP contribution is 2.30. The largest absolute Gasteiger partial charge is 0.366 e. The van der Waals surface area contributed by atoms with E-state index in [1.165, 1.54) is 24.3 Å². The number of carbonyl (C=O) groups excluding carboxylic acids is 3. The SMILES string of the molecule is O=C(Nc1cc(C(=O)N2CCCNCC2)ccc1N1CCN(C(=O)c2ccncc2)CC1)c1ccc([N+](=O)[O-])cc1. The Morgan fingerprint density at radius 2 is 1.44 bits per heavy atom. The molecule has 3 heterocycles. The number of amides is 3. The van der Waals surface area contributed by atoms with Crippen LogP contribution in [0.15, 0.2) is 67.0 Å². The minimum Gasteiger partial charge on any atom is -0.366 e. The van der Waals surface area contributed by atoms with Gasteiger partial charge in [-0.2, -0.15) is 0 Å². The highest BCUT2D eigenvalue weighted by molar-refractivity contribution is 6.07. The molecule has 0 saturated carbocycles. The Bertz CT molecular complexity index is 1420. The van der Waals surface area contributed by atoms with E-state index in [0.717, 1.165) is 25.2 Å². The summed E-state index contributed by atoms with van der Waals surface area (Å²) in [6.45, 7) is 4.84. The van der Waals surface area contributed by atoms with Crippen LogP contribution in [0.2, 0.25) is 0 Å². The van der Waals surface area contributed by atoms with Crippen molar-refractivity contribution >= 4 is 34.8 Å². The van der Waals surface area contributed by atoms with Crippen molar-refractivity contribution in [3.8, 4) is 0 Å². The lowest BCUT2D eigenvalue weighted by molar-refractivity contribution is -0.384. The van der Waals surface area contributed by atoms with E-state index < -0.39 is 10.8 Å². The van der Waals surface area contributed by atoms with Gasteiger partial charge in [0, 0.05) is 87.0 Å². The normalized spacial score (nSPS) is 15.7. The molecule has 0 aliphatic carbocycles. The summed E-state index contributed by atoms with van der Waals surface area (Å²) in [6, 6.07) is 14.0. The van der Waals surface area contributed by atoms with E-state index in [1.54, 1.807) is 46.5 Å². The molecule has 2 aliphatic rings. The second-order valence-corrected chi connectivity index (χ2v) is 9.90. The van der Waals surface area contributed by atoms with Gasteiger partial charge in [-0.05, 0) is 55.4 Å². The average molecular weight is 558 g/mol. The molecule has 1 aromatic heterocycles. The zero-order valence-electron chi connectivity index (χ0n) is 22.5. The minimum absolute atomic E-state index is 0.0633. The molecule has 2 saturated heterocycles. The summed E-state index contributed by atoms with van der Waals surface area (Å²) in [5, 5.41) is 17.2. The van der Waals surface area contributed by atoms with Crippen molar-refractivity contribution in [2.24, 2.45) is 0 Å². The maximum Gasteiger partial charge on any atom is 0.269 e. The number of nitro groups is 1. The van der Waals surface area contributed by atoms with Gasteiger partial charge in [-0.1, -0.05) is 0 Å². The van der Waals surface area contributed by atoms with Crippen LogP contribution in [0.3, 0.4) is 0 Å². The zero-order valence-corrected chi connectivity index (χ0v) is 22.5. The number of nitrogens with one attached hydrogen (secondary N) is 2.